The van der Waals surface area contributed by atoms with E-state index in [-0.39, 0.29) is 22.0 Å². The molecule has 2 aromatic heterocycles. The average molecular weight is 517 g/mol. The summed E-state index contributed by atoms with van der Waals surface area (Å²) in [6.07, 6.45) is 2.55. The minimum absolute atomic E-state index is 0.0987. The van der Waals surface area contributed by atoms with Crippen molar-refractivity contribution in [3.63, 3.8) is 0 Å². The Bertz CT molecular complexity index is 1580. The fourth-order valence-corrected chi connectivity index (χ4v) is 5.90. The Kier molecular flexibility index (Phi) is 6.33. The van der Waals surface area contributed by atoms with Crippen LogP contribution in [0.5, 0.6) is 11.6 Å². The first-order valence-electron chi connectivity index (χ1n) is 12.1. The molecule has 0 radical (unpaired) electrons. The van der Waals surface area contributed by atoms with E-state index in [1.807, 2.05) is 36.4 Å². The van der Waals surface area contributed by atoms with Crippen LogP contribution in [-0.4, -0.2) is 36.4 Å². The van der Waals surface area contributed by atoms with E-state index in [1.165, 1.54) is 12.1 Å². The number of fused-ring (bicyclic) bond motifs is 1. The molecule has 1 unspecified atom stereocenters. The molecule has 9 heteroatoms. The number of benzene rings is 2. The number of sulfonamides is 1. The van der Waals surface area contributed by atoms with E-state index in [0.717, 1.165) is 23.7 Å². The molecule has 3 heterocycles. The largest absolute Gasteiger partial charge is 0.438 e. The van der Waals surface area contributed by atoms with Crippen molar-refractivity contribution in [2.24, 2.45) is 5.92 Å². The SMILES string of the molecule is CC1CN(c2ncccc2C(=O)NS(=O)(=O)c2cccc(Oc3cccc4ccccc34)n2)C(C)(C)C1. The van der Waals surface area contributed by atoms with Crippen molar-refractivity contribution < 1.29 is 17.9 Å². The van der Waals surface area contributed by atoms with Gasteiger partial charge < -0.3 is 9.64 Å². The number of hydrogen-bond acceptors (Lipinski definition) is 7. The lowest BCUT2D eigenvalue weighted by atomic mass is 9.97. The molecule has 4 aromatic rings. The van der Waals surface area contributed by atoms with Crippen LogP contribution in [0.4, 0.5) is 5.82 Å². The molecule has 5 rings (SSSR count). The number of anilines is 1. The number of nitrogens with zero attached hydrogens (tertiary/aromatic N) is 3. The maximum absolute atomic E-state index is 13.2. The van der Waals surface area contributed by atoms with Crippen molar-refractivity contribution in [2.45, 2.75) is 37.8 Å². The molecule has 0 aliphatic carbocycles. The van der Waals surface area contributed by atoms with Crippen LogP contribution in [0.15, 0.2) is 84.0 Å². The zero-order valence-electron chi connectivity index (χ0n) is 20.9. The van der Waals surface area contributed by atoms with Gasteiger partial charge in [-0.25, -0.2) is 9.71 Å². The first-order chi connectivity index (χ1) is 17.6. The number of carbonyl (C=O) groups is 1. The summed E-state index contributed by atoms with van der Waals surface area (Å²) in [4.78, 5) is 23.9. The molecule has 0 saturated carbocycles. The Labute approximate surface area is 216 Å². The minimum atomic E-state index is -4.28. The third-order valence-corrected chi connectivity index (χ3v) is 7.76. The van der Waals surface area contributed by atoms with Crippen LogP contribution in [0.2, 0.25) is 0 Å². The maximum atomic E-state index is 13.2. The number of amides is 1. The van der Waals surface area contributed by atoms with E-state index in [1.54, 1.807) is 30.5 Å². The number of ether oxygens (including phenoxy) is 1. The van der Waals surface area contributed by atoms with Crippen molar-refractivity contribution in [2.75, 3.05) is 11.4 Å². The Morgan fingerprint density at radius 2 is 1.78 bits per heavy atom. The maximum Gasteiger partial charge on any atom is 0.281 e. The second kappa shape index (κ2) is 9.48. The van der Waals surface area contributed by atoms with Gasteiger partial charge in [0.1, 0.15) is 11.6 Å². The Morgan fingerprint density at radius 3 is 2.57 bits per heavy atom. The summed E-state index contributed by atoms with van der Waals surface area (Å²) >= 11 is 0. The van der Waals surface area contributed by atoms with Gasteiger partial charge in [0.2, 0.25) is 5.88 Å². The summed E-state index contributed by atoms with van der Waals surface area (Å²) in [5.74, 6) is 0.768. The minimum Gasteiger partial charge on any atom is -0.438 e. The van der Waals surface area contributed by atoms with Gasteiger partial charge in [0.05, 0.1) is 5.56 Å². The normalized spacial score (nSPS) is 17.1. The highest BCUT2D eigenvalue weighted by molar-refractivity contribution is 7.90. The van der Waals surface area contributed by atoms with E-state index in [9.17, 15) is 13.2 Å². The molecule has 1 amide bonds. The molecule has 2 aromatic carbocycles. The van der Waals surface area contributed by atoms with Crippen molar-refractivity contribution in [3.8, 4) is 11.6 Å². The monoisotopic (exact) mass is 516 g/mol. The number of nitrogens with one attached hydrogen (secondary N) is 1. The fraction of sp³-hybridized carbons (Fsp3) is 0.250. The van der Waals surface area contributed by atoms with Crippen LogP contribution in [0.25, 0.3) is 10.8 Å². The average Bonchev–Trinajstić information content (AvgIpc) is 3.15. The van der Waals surface area contributed by atoms with Crippen molar-refractivity contribution in [1.29, 1.82) is 0 Å². The molecule has 0 bridgehead atoms. The van der Waals surface area contributed by atoms with Crippen LogP contribution >= 0.6 is 0 Å². The quantitative estimate of drug-likeness (QED) is 0.377. The molecule has 1 aliphatic heterocycles. The molecule has 1 aliphatic rings. The Morgan fingerprint density at radius 1 is 1.03 bits per heavy atom. The third kappa shape index (κ3) is 4.99. The first kappa shape index (κ1) is 24.7. The number of hydrogen-bond donors (Lipinski definition) is 1. The Balaban J connectivity index is 1.40. The first-order valence-corrected chi connectivity index (χ1v) is 13.5. The number of pyridine rings is 2. The molecular formula is C28H28N4O4S. The highest BCUT2D eigenvalue weighted by Gasteiger charge is 2.39. The summed E-state index contributed by atoms with van der Waals surface area (Å²) < 4.78 is 34.4. The van der Waals surface area contributed by atoms with Crippen LogP contribution in [-0.2, 0) is 10.0 Å². The standard InChI is InChI=1S/C28H28N4O4S/c1-19-17-28(2,3)32(18-19)26-22(12-8-16-29-26)27(33)31-37(34,35)25-15-7-14-24(30-25)36-23-13-6-10-20-9-4-5-11-21(20)23/h4-16,19H,17-18H2,1-3H3,(H,31,33). The van der Waals surface area contributed by atoms with Crippen molar-refractivity contribution >= 4 is 32.5 Å². The van der Waals surface area contributed by atoms with Gasteiger partial charge in [-0.3, -0.25) is 4.79 Å². The molecule has 1 N–H and O–H groups in total. The van der Waals surface area contributed by atoms with Crippen LogP contribution in [0, 0.1) is 5.92 Å². The van der Waals surface area contributed by atoms with Gasteiger partial charge in [0.25, 0.3) is 15.9 Å². The summed E-state index contributed by atoms with van der Waals surface area (Å²) in [6, 6.07) is 20.9. The summed E-state index contributed by atoms with van der Waals surface area (Å²) in [6.45, 7) is 7.06. The second-order valence-corrected chi connectivity index (χ2v) is 11.6. The van der Waals surface area contributed by atoms with Crippen LogP contribution < -0.4 is 14.4 Å². The van der Waals surface area contributed by atoms with Crippen molar-refractivity contribution in [3.05, 3.63) is 84.6 Å². The zero-order valence-corrected chi connectivity index (χ0v) is 21.7. The van der Waals surface area contributed by atoms with Crippen LogP contribution in [0.3, 0.4) is 0 Å². The lowest BCUT2D eigenvalue weighted by Crippen LogP contribution is -2.41. The smallest absolute Gasteiger partial charge is 0.281 e. The Hall–Kier alpha value is -3.98. The molecule has 1 atom stereocenters. The lowest BCUT2D eigenvalue weighted by molar-refractivity contribution is 0.0981. The zero-order chi connectivity index (χ0) is 26.2. The number of carbonyl (C=O) groups excluding carboxylic acids is 1. The highest BCUT2D eigenvalue weighted by atomic mass is 32.2. The lowest BCUT2D eigenvalue weighted by Gasteiger charge is -2.33. The van der Waals surface area contributed by atoms with Gasteiger partial charge in [0.15, 0.2) is 5.03 Å². The second-order valence-electron chi connectivity index (χ2n) is 9.93. The molecule has 1 saturated heterocycles. The van der Waals surface area contributed by atoms with Gasteiger partial charge in [-0.05, 0) is 55.8 Å². The van der Waals surface area contributed by atoms with Gasteiger partial charge in [-0.2, -0.15) is 13.4 Å². The number of rotatable bonds is 6. The van der Waals surface area contributed by atoms with E-state index < -0.39 is 15.9 Å². The van der Waals surface area contributed by atoms with Crippen LogP contribution in [0.1, 0.15) is 37.6 Å². The van der Waals surface area contributed by atoms with E-state index in [0.29, 0.717) is 17.5 Å². The fourth-order valence-electron chi connectivity index (χ4n) is 4.98. The summed E-state index contributed by atoms with van der Waals surface area (Å²) in [5, 5.41) is 1.54. The van der Waals surface area contributed by atoms with E-state index in [4.69, 9.17) is 4.74 Å². The molecule has 190 valence electrons. The van der Waals surface area contributed by atoms with Gasteiger partial charge >= 0.3 is 0 Å². The predicted octanol–water partition coefficient (Wildman–Crippen LogP) is 5.17. The summed E-state index contributed by atoms with van der Waals surface area (Å²) in [7, 11) is -4.28. The van der Waals surface area contributed by atoms with Gasteiger partial charge in [0, 0.05) is 29.7 Å². The summed E-state index contributed by atoms with van der Waals surface area (Å²) in [5.41, 5.74) is -0.0207. The van der Waals surface area contributed by atoms with Gasteiger partial charge in [-0.15, -0.1) is 0 Å². The molecular weight excluding hydrogens is 488 g/mol. The third-order valence-electron chi connectivity index (χ3n) is 6.52. The predicted molar refractivity (Wildman–Crippen MR) is 142 cm³/mol. The van der Waals surface area contributed by atoms with Crippen molar-refractivity contribution in [1.82, 2.24) is 14.7 Å². The number of aromatic nitrogens is 2. The molecule has 0 spiro atoms. The highest BCUT2D eigenvalue weighted by Crippen LogP contribution is 2.37. The molecule has 37 heavy (non-hydrogen) atoms. The molecule has 1 fully saturated rings. The topological polar surface area (TPSA) is 101 Å². The van der Waals surface area contributed by atoms with E-state index in [2.05, 4.69) is 40.4 Å². The molecule has 8 nitrogen and oxygen atoms in total. The van der Waals surface area contributed by atoms with Gasteiger partial charge in [-0.1, -0.05) is 49.4 Å². The van der Waals surface area contributed by atoms with E-state index >= 15 is 0 Å².